The Balaban J connectivity index is 1.23. The molecule has 160 valence electrons. The highest BCUT2D eigenvalue weighted by Crippen LogP contribution is 2.61. The van der Waals surface area contributed by atoms with E-state index in [4.69, 9.17) is 4.42 Å². The summed E-state index contributed by atoms with van der Waals surface area (Å²) in [7, 11) is 0. The zero-order valence-corrected chi connectivity index (χ0v) is 18.4. The van der Waals surface area contributed by atoms with Gasteiger partial charge in [-0.3, -0.25) is 4.79 Å². The highest BCUT2D eigenvalue weighted by molar-refractivity contribution is 5.92. The molecule has 2 aromatic carbocycles. The quantitative estimate of drug-likeness (QED) is 0.519. The summed E-state index contributed by atoms with van der Waals surface area (Å²) in [4.78, 5) is 17.8. The minimum absolute atomic E-state index is 0.162. The number of fused-ring (bicyclic) bond motifs is 1. The van der Waals surface area contributed by atoms with Crippen molar-refractivity contribution < 1.29 is 9.21 Å². The summed E-state index contributed by atoms with van der Waals surface area (Å²) >= 11 is 0. The monoisotopic (exact) mass is 414 g/mol. The van der Waals surface area contributed by atoms with Gasteiger partial charge in [0.25, 0.3) is 0 Å². The zero-order valence-electron chi connectivity index (χ0n) is 18.4. The van der Waals surface area contributed by atoms with Crippen LogP contribution in [0.25, 0.3) is 22.6 Å². The first-order valence-corrected chi connectivity index (χ1v) is 11.7. The Bertz CT molecular complexity index is 1140. The van der Waals surface area contributed by atoms with E-state index in [9.17, 15) is 4.79 Å². The Morgan fingerprint density at radius 3 is 2.45 bits per heavy atom. The van der Waals surface area contributed by atoms with Crippen molar-refractivity contribution in [3.05, 3.63) is 47.5 Å². The first kappa shape index (κ1) is 19.1. The van der Waals surface area contributed by atoms with Crippen LogP contribution in [0.1, 0.15) is 56.1 Å². The molecule has 4 aliphatic rings. The number of anilines is 1. The molecule has 0 aliphatic heterocycles. The second kappa shape index (κ2) is 6.94. The van der Waals surface area contributed by atoms with Gasteiger partial charge in [-0.15, -0.1) is 0 Å². The Morgan fingerprint density at radius 2 is 1.74 bits per heavy atom. The Morgan fingerprint density at radius 1 is 1.03 bits per heavy atom. The first-order chi connectivity index (χ1) is 14.9. The number of hydrogen-bond acceptors (Lipinski definition) is 3. The molecule has 4 fully saturated rings. The maximum Gasteiger partial charge on any atom is 0.227 e. The van der Waals surface area contributed by atoms with Gasteiger partial charge in [0.05, 0.1) is 0 Å². The number of nitrogens with zero attached hydrogens (tertiary/aromatic N) is 1. The van der Waals surface area contributed by atoms with Gasteiger partial charge in [0, 0.05) is 17.7 Å². The van der Waals surface area contributed by atoms with Crippen LogP contribution in [-0.2, 0) is 4.79 Å². The number of amides is 1. The van der Waals surface area contributed by atoms with E-state index in [0.717, 1.165) is 51.2 Å². The van der Waals surface area contributed by atoms with E-state index in [0.29, 0.717) is 12.3 Å². The van der Waals surface area contributed by atoms with Gasteiger partial charge in [-0.05, 0) is 111 Å². The lowest BCUT2D eigenvalue weighted by Crippen LogP contribution is -2.47. The molecule has 4 nitrogen and oxygen atoms in total. The van der Waals surface area contributed by atoms with Gasteiger partial charge in [-0.2, -0.15) is 0 Å². The average Bonchev–Trinajstić information content (AvgIpc) is 3.11. The van der Waals surface area contributed by atoms with E-state index in [1.165, 1.54) is 38.5 Å². The summed E-state index contributed by atoms with van der Waals surface area (Å²) in [6, 6.07) is 12.1. The SMILES string of the molecule is Cc1ccc2oc(-c3ccc(C)c(NC(=O)CC45CC6CC(CC(C6)C4)C5)c3)nc2c1. The summed E-state index contributed by atoms with van der Waals surface area (Å²) in [5.41, 5.74) is 5.89. The molecular weight excluding hydrogens is 384 g/mol. The molecular formula is C27H30N2O2. The summed E-state index contributed by atoms with van der Waals surface area (Å²) in [6.45, 7) is 4.09. The van der Waals surface area contributed by atoms with Crippen molar-refractivity contribution >= 4 is 22.7 Å². The van der Waals surface area contributed by atoms with Gasteiger partial charge in [0.15, 0.2) is 5.58 Å². The highest BCUT2D eigenvalue weighted by atomic mass is 16.3. The molecule has 4 aliphatic carbocycles. The Labute approximate surface area is 183 Å². The molecule has 4 heteroatoms. The van der Waals surface area contributed by atoms with Gasteiger partial charge in [-0.1, -0.05) is 12.1 Å². The molecule has 0 atom stereocenters. The summed E-state index contributed by atoms with van der Waals surface area (Å²) < 4.78 is 5.98. The van der Waals surface area contributed by atoms with Crippen LogP contribution in [-0.4, -0.2) is 10.9 Å². The largest absolute Gasteiger partial charge is 0.436 e. The minimum Gasteiger partial charge on any atom is -0.436 e. The lowest BCUT2D eigenvalue weighted by atomic mass is 9.49. The van der Waals surface area contributed by atoms with E-state index in [1.54, 1.807) is 0 Å². The third-order valence-corrected chi connectivity index (χ3v) is 8.00. The molecule has 0 unspecified atom stereocenters. The van der Waals surface area contributed by atoms with Crippen molar-refractivity contribution in [2.24, 2.45) is 23.2 Å². The van der Waals surface area contributed by atoms with Gasteiger partial charge < -0.3 is 9.73 Å². The maximum atomic E-state index is 13.1. The van der Waals surface area contributed by atoms with Crippen molar-refractivity contribution in [2.45, 2.75) is 58.8 Å². The molecule has 1 N–H and O–H groups in total. The van der Waals surface area contributed by atoms with Crippen molar-refractivity contribution in [3.63, 3.8) is 0 Å². The van der Waals surface area contributed by atoms with Crippen LogP contribution >= 0.6 is 0 Å². The molecule has 4 saturated carbocycles. The second-order valence-electron chi connectivity index (χ2n) is 10.7. The molecule has 31 heavy (non-hydrogen) atoms. The van der Waals surface area contributed by atoms with E-state index in [1.807, 2.05) is 43.3 Å². The third kappa shape index (κ3) is 3.46. The summed E-state index contributed by atoms with van der Waals surface area (Å²) in [5.74, 6) is 3.36. The molecule has 1 heterocycles. The zero-order chi connectivity index (χ0) is 21.2. The van der Waals surface area contributed by atoms with Crippen LogP contribution in [0.2, 0.25) is 0 Å². The topological polar surface area (TPSA) is 55.1 Å². The predicted molar refractivity (Wildman–Crippen MR) is 123 cm³/mol. The molecule has 3 aromatic rings. The van der Waals surface area contributed by atoms with Crippen LogP contribution in [0, 0.1) is 37.0 Å². The van der Waals surface area contributed by atoms with E-state index >= 15 is 0 Å². The lowest BCUT2D eigenvalue weighted by Gasteiger charge is -2.56. The number of aryl methyl sites for hydroxylation is 2. The fraction of sp³-hybridized carbons (Fsp3) is 0.481. The van der Waals surface area contributed by atoms with Crippen molar-refractivity contribution in [1.29, 1.82) is 0 Å². The average molecular weight is 415 g/mol. The molecule has 1 aromatic heterocycles. The molecule has 0 radical (unpaired) electrons. The number of hydrogen-bond donors (Lipinski definition) is 1. The third-order valence-electron chi connectivity index (χ3n) is 8.00. The number of oxazole rings is 1. The fourth-order valence-electron chi connectivity index (χ4n) is 7.09. The molecule has 4 bridgehead atoms. The van der Waals surface area contributed by atoms with Crippen LogP contribution in [0.15, 0.2) is 40.8 Å². The normalized spacial score (nSPS) is 28.9. The summed E-state index contributed by atoms with van der Waals surface area (Å²) in [5, 5.41) is 3.23. The maximum absolute atomic E-state index is 13.1. The molecule has 7 rings (SSSR count). The van der Waals surface area contributed by atoms with Crippen LogP contribution in [0.3, 0.4) is 0 Å². The number of aromatic nitrogens is 1. The van der Waals surface area contributed by atoms with Crippen molar-refractivity contribution in [1.82, 2.24) is 4.98 Å². The van der Waals surface area contributed by atoms with Gasteiger partial charge in [0.2, 0.25) is 11.8 Å². The second-order valence-corrected chi connectivity index (χ2v) is 10.7. The molecule has 0 saturated heterocycles. The Kier molecular flexibility index (Phi) is 4.28. The standard InChI is InChI=1S/C27H30N2O2/c1-16-3-6-24-23(7-16)29-26(31-24)21-5-4-17(2)22(11-21)28-25(30)15-27-12-18-8-19(13-27)10-20(9-18)14-27/h3-7,11,18-20H,8-10,12-15H2,1-2H3,(H,28,30). The van der Waals surface area contributed by atoms with E-state index in [2.05, 4.69) is 17.2 Å². The fourth-order valence-corrected chi connectivity index (χ4v) is 7.09. The van der Waals surface area contributed by atoms with E-state index < -0.39 is 0 Å². The Hall–Kier alpha value is -2.62. The molecule has 1 amide bonds. The predicted octanol–water partition coefficient (Wildman–Crippen LogP) is 6.66. The summed E-state index contributed by atoms with van der Waals surface area (Å²) in [6.07, 6.45) is 8.67. The van der Waals surface area contributed by atoms with E-state index in [-0.39, 0.29) is 11.3 Å². The van der Waals surface area contributed by atoms with Gasteiger partial charge in [0.1, 0.15) is 5.52 Å². The van der Waals surface area contributed by atoms with Gasteiger partial charge in [-0.25, -0.2) is 4.98 Å². The van der Waals surface area contributed by atoms with Crippen molar-refractivity contribution in [3.8, 4) is 11.5 Å². The minimum atomic E-state index is 0.162. The number of benzene rings is 2. The van der Waals surface area contributed by atoms with Crippen LogP contribution in [0.4, 0.5) is 5.69 Å². The van der Waals surface area contributed by atoms with Crippen LogP contribution in [0.5, 0.6) is 0 Å². The smallest absolute Gasteiger partial charge is 0.227 e. The lowest BCUT2D eigenvalue weighted by molar-refractivity contribution is -0.124. The number of carbonyl (C=O) groups is 1. The number of rotatable bonds is 4. The first-order valence-electron chi connectivity index (χ1n) is 11.7. The number of carbonyl (C=O) groups excluding carboxylic acids is 1. The highest BCUT2D eigenvalue weighted by Gasteiger charge is 2.51. The van der Waals surface area contributed by atoms with Crippen LogP contribution < -0.4 is 5.32 Å². The molecule has 0 spiro atoms. The van der Waals surface area contributed by atoms with Crippen molar-refractivity contribution in [2.75, 3.05) is 5.32 Å². The number of nitrogens with one attached hydrogen (secondary N) is 1. The van der Waals surface area contributed by atoms with Gasteiger partial charge >= 0.3 is 0 Å².